The molecule has 6 nitrogen and oxygen atoms in total. The fraction of sp³-hybridized carbons (Fsp3) is 0.348. The van der Waals surface area contributed by atoms with Crippen LogP contribution in [0.2, 0.25) is 0 Å². The first kappa shape index (κ1) is 24.3. The topological polar surface area (TPSA) is 68.6 Å². The molecule has 2 heterocycles. The van der Waals surface area contributed by atoms with Gasteiger partial charge in [-0.25, -0.2) is 0 Å². The third-order valence-electron chi connectivity index (χ3n) is 5.69. The third kappa shape index (κ3) is 4.10. The summed E-state index contributed by atoms with van der Waals surface area (Å²) in [6.07, 6.45) is -4.71. The number of ether oxygens (including phenoxy) is 1. The first-order valence-corrected chi connectivity index (χ1v) is 11.8. The minimum atomic E-state index is -4.75. The van der Waals surface area contributed by atoms with E-state index in [-0.39, 0.29) is 16.9 Å². The lowest BCUT2D eigenvalue weighted by molar-refractivity contribution is -0.137. The number of nitrogens with one attached hydrogen (secondary N) is 1. The minimum Gasteiger partial charge on any atom is -0.487 e. The lowest BCUT2D eigenvalue weighted by atomic mass is 10.0. The number of amides is 1. The van der Waals surface area contributed by atoms with Crippen molar-refractivity contribution in [2.24, 2.45) is 0 Å². The summed E-state index contributed by atoms with van der Waals surface area (Å²) in [5.41, 5.74) is -2.18. The zero-order valence-corrected chi connectivity index (χ0v) is 20.2. The number of carbonyl (C=O) groups is 1. The Morgan fingerprint density at radius 2 is 1.97 bits per heavy atom. The number of thiocarbonyl (C=S) groups is 1. The van der Waals surface area contributed by atoms with Crippen molar-refractivity contribution in [2.75, 3.05) is 29.1 Å². The van der Waals surface area contributed by atoms with Crippen LogP contribution in [0.3, 0.4) is 0 Å². The lowest BCUT2D eigenvalue weighted by Crippen LogP contribution is -2.44. The number of anilines is 2. The number of hydrogen-bond acceptors (Lipinski definition) is 6. The highest BCUT2D eigenvalue weighted by Crippen LogP contribution is 2.43. The second-order valence-corrected chi connectivity index (χ2v) is 9.82. The quantitative estimate of drug-likeness (QED) is 0.610. The van der Waals surface area contributed by atoms with E-state index in [4.69, 9.17) is 22.2 Å². The second kappa shape index (κ2) is 8.76. The van der Waals surface area contributed by atoms with Gasteiger partial charge in [0.05, 0.1) is 27.8 Å². The van der Waals surface area contributed by atoms with Crippen LogP contribution in [0.5, 0.6) is 5.75 Å². The molecule has 2 aliphatic heterocycles. The summed E-state index contributed by atoms with van der Waals surface area (Å²) in [5.74, 6) is 1.01. The van der Waals surface area contributed by atoms with Crippen LogP contribution in [0.15, 0.2) is 41.3 Å². The molecule has 0 spiro atoms. The van der Waals surface area contributed by atoms with E-state index in [1.54, 1.807) is 42.6 Å². The Balaban J connectivity index is 1.71. The number of carbonyl (C=O) groups excluding carboxylic acids is 1. The van der Waals surface area contributed by atoms with E-state index in [9.17, 15) is 18.0 Å². The van der Waals surface area contributed by atoms with Gasteiger partial charge in [0, 0.05) is 18.0 Å². The maximum Gasteiger partial charge on any atom is 0.417 e. The van der Waals surface area contributed by atoms with Gasteiger partial charge in [0.2, 0.25) is 0 Å². The number of hydrogen-bond donors (Lipinski definition) is 1. The number of thioether (sulfide) groups is 1. The molecule has 0 saturated carbocycles. The third-order valence-corrected chi connectivity index (χ3v) is 7.22. The van der Waals surface area contributed by atoms with Gasteiger partial charge in [0.1, 0.15) is 17.4 Å². The number of nitrogens with zero attached hydrogens (tertiary/aromatic N) is 3. The predicted molar refractivity (Wildman–Crippen MR) is 128 cm³/mol. The Morgan fingerprint density at radius 3 is 2.62 bits per heavy atom. The Hall–Kier alpha value is -2.81. The van der Waals surface area contributed by atoms with Gasteiger partial charge in [-0.15, -0.1) is 11.8 Å². The van der Waals surface area contributed by atoms with Crippen LogP contribution in [-0.4, -0.2) is 42.0 Å². The summed E-state index contributed by atoms with van der Waals surface area (Å²) < 4.78 is 46.5. The normalized spacial score (nSPS) is 19.6. The summed E-state index contributed by atoms with van der Waals surface area (Å²) in [6, 6.07) is 10.2. The van der Waals surface area contributed by atoms with Crippen molar-refractivity contribution < 1.29 is 22.7 Å². The van der Waals surface area contributed by atoms with E-state index in [0.29, 0.717) is 12.2 Å². The standard InChI is InChI=1S/C23H21F3N4O2S2/c1-22(2)20(31)29(14-5-4-13(10-27)17(8-14)23(24,25)26)21(33)30(22)15-6-7-18-19(9-15)34-12-16(32-18)11-28-3/h4-9,16,28H,11-12H2,1-3H3/t16-/m1/s1. The molecule has 178 valence electrons. The van der Waals surface area contributed by atoms with E-state index >= 15 is 0 Å². The highest BCUT2D eigenvalue weighted by Gasteiger charge is 2.51. The van der Waals surface area contributed by atoms with E-state index in [1.165, 1.54) is 6.07 Å². The van der Waals surface area contributed by atoms with Crippen molar-refractivity contribution in [1.29, 1.82) is 5.26 Å². The molecular formula is C23H21F3N4O2S2. The molecule has 0 bridgehead atoms. The van der Waals surface area contributed by atoms with Crippen molar-refractivity contribution in [1.82, 2.24) is 5.32 Å². The summed E-state index contributed by atoms with van der Waals surface area (Å²) in [4.78, 5) is 17.0. The summed E-state index contributed by atoms with van der Waals surface area (Å²) in [7, 11) is 1.86. The summed E-state index contributed by atoms with van der Waals surface area (Å²) >= 11 is 7.23. The molecular weight excluding hydrogens is 485 g/mol. The first-order valence-electron chi connectivity index (χ1n) is 10.4. The van der Waals surface area contributed by atoms with Gasteiger partial charge >= 0.3 is 6.18 Å². The van der Waals surface area contributed by atoms with Crippen molar-refractivity contribution in [3.63, 3.8) is 0 Å². The Labute approximate surface area is 204 Å². The molecule has 0 radical (unpaired) electrons. The molecule has 1 N–H and O–H groups in total. The molecule has 34 heavy (non-hydrogen) atoms. The predicted octanol–water partition coefficient (Wildman–Crippen LogP) is 4.57. The minimum absolute atomic E-state index is 0.0361. The number of likely N-dealkylation sites (N-methyl/N-ethyl adjacent to an activating group) is 1. The fourth-order valence-corrected chi connectivity index (χ4v) is 5.57. The van der Waals surface area contributed by atoms with Crippen LogP contribution in [0.25, 0.3) is 0 Å². The monoisotopic (exact) mass is 506 g/mol. The number of nitriles is 1. The molecule has 1 fully saturated rings. The maximum atomic E-state index is 13.5. The SMILES string of the molecule is CNC[C@@H]1CSc2cc(N3C(=S)N(c4ccc(C#N)c(C(F)(F)F)c4)C(=O)C3(C)C)ccc2O1. The highest BCUT2D eigenvalue weighted by atomic mass is 32.2. The maximum absolute atomic E-state index is 13.5. The molecule has 1 amide bonds. The van der Waals surface area contributed by atoms with Gasteiger partial charge < -0.3 is 15.0 Å². The smallest absolute Gasteiger partial charge is 0.417 e. The molecule has 2 aromatic carbocycles. The van der Waals surface area contributed by atoms with E-state index in [0.717, 1.165) is 33.4 Å². The molecule has 0 unspecified atom stereocenters. The fourth-order valence-electron chi connectivity index (χ4n) is 4.03. The average molecular weight is 507 g/mol. The largest absolute Gasteiger partial charge is 0.487 e. The van der Waals surface area contributed by atoms with Crippen molar-refractivity contribution >= 4 is 46.4 Å². The van der Waals surface area contributed by atoms with E-state index in [1.807, 2.05) is 19.2 Å². The Kier molecular flexibility index (Phi) is 6.27. The lowest BCUT2D eigenvalue weighted by Gasteiger charge is -2.31. The number of halogens is 3. The van der Waals surface area contributed by atoms with Crippen LogP contribution in [0, 0.1) is 11.3 Å². The number of fused-ring (bicyclic) bond motifs is 1. The van der Waals surface area contributed by atoms with Gasteiger partial charge in [-0.3, -0.25) is 9.69 Å². The van der Waals surface area contributed by atoms with Crippen LogP contribution < -0.4 is 19.9 Å². The van der Waals surface area contributed by atoms with Gasteiger partial charge in [-0.05, 0) is 69.5 Å². The number of benzene rings is 2. The molecule has 0 aromatic heterocycles. The molecule has 1 saturated heterocycles. The molecule has 4 rings (SSSR count). The number of rotatable bonds is 4. The van der Waals surface area contributed by atoms with E-state index < -0.39 is 28.7 Å². The Morgan fingerprint density at radius 1 is 1.26 bits per heavy atom. The van der Waals surface area contributed by atoms with Crippen LogP contribution in [0.1, 0.15) is 25.0 Å². The molecule has 0 aliphatic carbocycles. The van der Waals surface area contributed by atoms with Gasteiger partial charge in [0.15, 0.2) is 5.11 Å². The molecule has 1 atom stereocenters. The van der Waals surface area contributed by atoms with Gasteiger partial charge in [0.25, 0.3) is 5.91 Å². The second-order valence-electron chi connectivity index (χ2n) is 8.40. The van der Waals surface area contributed by atoms with Crippen molar-refractivity contribution in [3.8, 4) is 11.8 Å². The van der Waals surface area contributed by atoms with Crippen molar-refractivity contribution in [2.45, 2.75) is 36.6 Å². The molecule has 2 aliphatic rings. The highest BCUT2D eigenvalue weighted by molar-refractivity contribution is 7.99. The summed E-state index contributed by atoms with van der Waals surface area (Å²) in [6.45, 7) is 4.05. The van der Waals surface area contributed by atoms with Gasteiger partial charge in [-0.2, -0.15) is 18.4 Å². The Bertz CT molecular complexity index is 1210. The van der Waals surface area contributed by atoms with Crippen LogP contribution in [0.4, 0.5) is 24.5 Å². The van der Waals surface area contributed by atoms with Crippen LogP contribution >= 0.6 is 24.0 Å². The first-order chi connectivity index (χ1) is 16.0. The zero-order chi connectivity index (χ0) is 24.8. The average Bonchev–Trinajstić information content (AvgIpc) is 2.96. The molecule has 11 heteroatoms. The van der Waals surface area contributed by atoms with Crippen LogP contribution in [-0.2, 0) is 11.0 Å². The van der Waals surface area contributed by atoms with Gasteiger partial charge in [-0.1, -0.05) is 0 Å². The van der Waals surface area contributed by atoms with Crippen molar-refractivity contribution in [3.05, 3.63) is 47.5 Å². The number of alkyl halides is 3. The summed E-state index contributed by atoms with van der Waals surface area (Å²) in [5, 5.41) is 12.2. The zero-order valence-electron chi connectivity index (χ0n) is 18.6. The molecule has 2 aromatic rings. The van der Waals surface area contributed by atoms with E-state index in [2.05, 4.69) is 5.32 Å².